The molecule has 0 bridgehead atoms. The lowest BCUT2D eigenvalue weighted by Gasteiger charge is -2.22. The molecule has 0 aliphatic rings. The van der Waals surface area contributed by atoms with Gasteiger partial charge in [0.05, 0.1) is 11.6 Å². The maximum Gasteiger partial charge on any atom is 0.254 e. The van der Waals surface area contributed by atoms with Crippen LogP contribution < -0.4 is 5.73 Å². The highest BCUT2D eigenvalue weighted by molar-refractivity contribution is 5.94. The molecule has 2 N–H and O–H groups in total. The first-order chi connectivity index (χ1) is 11.1. The molecule has 0 spiro atoms. The first-order valence-corrected chi connectivity index (χ1v) is 7.22. The van der Waals surface area contributed by atoms with Crippen LogP contribution in [-0.2, 0) is 11.3 Å². The van der Waals surface area contributed by atoms with Gasteiger partial charge < -0.3 is 10.6 Å². The maximum absolute atomic E-state index is 12.7. The minimum absolute atomic E-state index is 0.0938. The van der Waals surface area contributed by atoms with Crippen LogP contribution in [0, 0.1) is 11.3 Å². The van der Waals surface area contributed by atoms with Gasteiger partial charge in [-0.25, -0.2) is 0 Å². The van der Waals surface area contributed by atoms with Crippen LogP contribution in [-0.4, -0.2) is 23.3 Å². The average molecular weight is 307 g/mol. The number of hydrogen-bond donors (Lipinski definition) is 1. The van der Waals surface area contributed by atoms with Gasteiger partial charge in [0.1, 0.15) is 0 Å². The highest BCUT2D eigenvalue weighted by Gasteiger charge is 2.17. The summed E-state index contributed by atoms with van der Waals surface area (Å²) in [6.07, 6.45) is 0.0938. The molecular weight excluding hydrogens is 290 g/mol. The SMILES string of the molecule is N#Cc1cccc(C(=O)N(CCC(N)=O)Cc2ccccc2)c1. The predicted octanol–water partition coefficient (Wildman–Crippen LogP) is 2.08. The van der Waals surface area contributed by atoms with E-state index < -0.39 is 5.91 Å². The van der Waals surface area contributed by atoms with Crippen LogP contribution in [0.25, 0.3) is 0 Å². The summed E-state index contributed by atoms with van der Waals surface area (Å²) in [5, 5.41) is 8.96. The zero-order valence-electron chi connectivity index (χ0n) is 12.6. The van der Waals surface area contributed by atoms with Crippen LogP contribution >= 0.6 is 0 Å². The third-order valence-corrected chi connectivity index (χ3v) is 3.37. The summed E-state index contributed by atoms with van der Waals surface area (Å²) in [6.45, 7) is 0.615. The van der Waals surface area contributed by atoms with Crippen molar-refractivity contribution in [1.29, 1.82) is 5.26 Å². The second-order valence-electron chi connectivity index (χ2n) is 5.12. The predicted molar refractivity (Wildman–Crippen MR) is 86.2 cm³/mol. The smallest absolute Gasteiger partial charge is 0.254 e. The normalized spacial score (nSPS) is 9.87. The Kier molecular flexibility index (Phi) is 5.48. The highest BCUT2D eigenvalue weighted by atomic mass is 16.2. The van der Waals surface area contributed by atoms with Crippen molar-refractivity contribution in [3.05, 3.63) is 71.3 Å². The van der Waals surface area contributed by atoms with Crippen LogP contribution in [0.1, 0.15) is 27.9 Å². The van der Waals surface area contributed by atoms with Crippen molar-refractivity contribution < 1.29 is 9.59 Å². The lowest BCUT2D eigenvalue weighted by Crippen LogP contribution is -2.33. The molecule has 0 fully saturated rings. The van der Waals surface area contributed by atoms with Gasteiger partial charge in [0.15, 0.2) is 0 Å². The third kappa shape index (κ3) is 4.68. The minimum atomic E-state index is -0.457. The number of carbonyl (C=O) groups excluding carboxylic acids is 2. The molecule has 23 heavy (non-hydrogen) atoms. The Hall–Kier alpha value is -3.13. The van der Waals surface area contributed by atoms with Crippen molar-refractivity contribution in [1.82, 2.24) is 4.90 Å². The number of carbonyl (C=O) groups is 2. The number of amides is 2. The minimum Gasteiger partial charge on any atom is -0.370 e. The summed E-state index contributed by atoms with van der Waals surface area (Å²) in [5.74, 6) is -0.686. The molecule has 0 saturated heterocycles. The molecule has 5 heteroatoms. The van der Waals surface area contributed by atoms with E-state index in [9.17, 15) is 9.59 Å². The fourth-order valence-electron chi connectivity index (χ4n) is 2.21. The van der Waals surface area contributed by atoms with Gasteiger partial charge in [0.2, 0.25) is 5.91 Å². The number of benzene rings is 2. The molecule has 0 aliphatic carbocycles. The van der Waals surface area contributed by atoms with Gasteiger partial charge in [0.25, 0.3) is 5.91 Å². The van der Waals surface area contributed by atoms with E-state index in [0.717, 1.165) is 5.56 Å². The van der Waals surface area contributed by atoms with E-state index in [1.165, 1.54) is 0 Å². The molecule has 0 heterocycles. The molecular formula is C18H17N3O2. The van der Waals surface area contributed by atoms with Crippen LogP contribution in [0.15, 0.2) is 54.6 Å². The third-order valence-electron chi connectivity index (χ3n) is 3.37. The first kappa shape index (κ1) is 16.2. The number of primary amides is 1. The van der Waals surface area contributed by atoms with Crippen molar-refractivity contribution in [2.24, 2.45) is 5.73 Å². The molecule has 116 valence electrons. The number of hydrogen-bond acceptors (Lipinski definition) is 3. The second-order valence-corrected chi connectivity index (χ2v) is 5.12. The molecule has 0 atom stereocenters. The van der Waals surface area contributed by atoms with Crippen molar-refractivity contribution in [3.63, 3.8) is 0 Å². The maximum atomic E-state index is 12.7. The van der Waals surface area contributed by atoms with Gasteiger partial charge in [0, 0.05) is 25.1 Å². The van der Waals surface area contributed by atoms with Gasteiger partial charge in [-0.2, -0.15) is 5.26 Å². The monoisotopic (exact) mass is 307 g/mol. The molecule has 2 amide bonds. The van der Waals surface area contributed by atoms with Crippen molar-refractivity contribution in [2.75, 3.05) is 6.54 Å². The molecule has 0 aromatic heterocycles. The topological polar surface area (TPSA) is 87.2 Å². The Morgan fingerprint density at radius 1 is 1.09 bits per heavy atom. The fraction of sp³-hybridized carbons (Fsp3) is 0.167. The largest absolute Gasteiger partial charge is 0.370 e. The van der Waals surface area contributed by atoms with E-state index in [4.69, 9.17) is 11.0 Å². The van der Waals surface area contributed by atoms with Gasteiger partial charge in [-0.05, 0) is 23.8 Å². The second kappa shape index (κ2) is 7.76. The number of rotatable bonds is 6. The van der Waals surface area contributed by atoms with E-state index in [2.05, 4.69) is 0 Å². The summed E-state index contributed by atoms with van der Waals surface area (Å²) in [6, 6.07) is 18.0. The van der Waals surface area contributed by atoms with Crippen LogP contribution in [0.2, 0.25) is 0 Å². The van der Waals surface area contributed by atoms with Gasteiger partial charge in [-0.3, -0.25) is 9.59 Å². The average Bonchev–Trinajstić information content (AvgIpc) is 2.58. The first-order valence-electron chi connectivity index (χ1n) is 7.22. The molecule has 0 aliphatic heterocycles. The summed E-state index contributed by atoms with van der Waals surface area (Å²) >= 11 is 0. The highest BCUT2D eigenvalue weighted by Crippen LogP contribution is 2.12. The summed E-state index contributed by atoms with van der Waals surface area (Å²) < 4.78 is 0. The Bertz CT molecular complexity index is 735. The zero-order valence-corrected chi connectivity index (χ0v) is 12.6. The lowest BCUT2D eigenvalue weighted by molar-refractivity contribution is -0.118. The van der Waals surface area contributed by atoms with Crippen molar-refractivity contribution in [2.45, 2.75) is 13.0 Å². The molecule has 2 aromatic carbocycles. The van der Waals surface area contributed by atoms with Crippen molar-refractivity contribution in [3.8, 4) is 6.07 Å². The zero-order chi connectivity index (χ0) is 16.7. The summed E-state index contributed by atoms with van der Waals surface area (Å²) in [4.78, 5) is 25.3. The Balaban J connectivity index is 2.22. The van der Waals surface area contributed by atoms with Crippen LogP contribution in [0.3, 0.4) is 0 Å². The quantitative estimate of drug-likeness (QED) is 0.886. The van der Waals surface area contributed by atoms with Gasteiger partial charge >= 0.3 is 0 Å². The van der Waals surface area contributed by atoms with E-state index >= 15 is 0 Å². The van der Waals surface area contributed by atoms with Crippen LogP contribution in [0.4, 0.5) is 0 Å². The number of nitriles is 1. The van der Waals surface area contributed by atoms with Gasteiger partial charge in [-0.1, -0.05) is 36.4 Å². The molecule has 0 radical (unpaired) electrons. The summed E-state index contributed by atoms with van der Waals surface area (Å²) in [5.41, 5.74) is 7.00. The van der Waals surface area contributed by atoms with E-state index in [-0.39, 0.29) is 18.9 Å². The molecule has 0 saturated carbocycles. The molecule has 5 nitrogen and oxygen atoms in total. The Labute approximate surface area is 134 Å². The van der Waals surface area contributed by atoms with Gasteiger partial charge in [-0.15, -0.1) is 0 Å². The standard InChI is InChI=1S/C18H17N3O2/c19-12-15-7-4-8-16(11-15)18(23)21(10-9-17(20)22)13-14-5-2-1-3-6-14/h1-8,11H,9-10,13H2,(H2,20,22). The lowest BCUT2D eigenvalue weighted by atomic mass is 10.1. The molecule has 0 unspecified atom stereocenters. The fourth-order valence-corrected chi connectivity index (χ4v) is 2.21. The molecule has 2 aromatic rings. The van der Waals surface area contributed by atoms with E-state index in [0.29, 0.717) is 17.7 Å². The molecule has 2 rings (SSSR count). The van der Waals surface area contributed by atoms with Crippen LogP contribution in [0.5, 0.6) is 0 Å². The number of nitrogens with two attached hydrogens (primary N) is 1. The number of nitrogens with zero attached hydrogens (tertiary/aromatic N) is 2. The summed E-state index contributed by atoms with van der Waals surface area (Å²) in [7, 11) is 0. The Morgan fingerprint density at radius 2 is 1.83 bits per heavy atom. The van der Waals surface area contributed by atoms with E-state index in [1.54, 1.807) is 29.2 Å². The van der Waals surface area contributed by atoms with E-state index in [1.807, 2.05) is 36.4 Å². The van der Waals surface area contributed by atoms with Crippen molar-refractivity contribution >= 4 is 11.8 Å². The Morgan fingerprint density at radius 3 is 2.48 bits per heavy atom.